The van der Waals surface area contributed by atoms with E-state index in [1.165, 1.54) is 23.7 Å². The van der Waals surface area contributed by atoms with Gasteiger partial charge in [-0.05, 0) is 35.7 Å². The summed E-state index contributed by atoms with van der Waals surface area (Å²) in [7, 11) is 0. The summed E-state index contributed by atoms with van der Waals surface area (Å²) in [6, 6.07) is 16.6. The molecule has 3 rings (SSSR count). The summed E-state index contributed by atoms with van der Waals surface area (Å²) in [5.41, 5.74) is 4.78. The van der Waals surface area contributed by atoms with E-state index in [1.54, 1.807) is 0 Å². The van der Waals surface area contributed by atoms with Crippen LogP contribution in [0.1, 0.15) is 24.0 Å². The number of para-hydroxylation sites is 1. The number of anilines is 2. The molecular formula is C17H18N2O. The van der Waals surface area contributed by atoms with Crippen molar-refractivity contribution in [1.29, 1.82) is 0 Å². The number of carbonyl (C=O) groups excluding carboxylic acids is 1. The number of nitrogens with one attached hydrogen (secondary N) is 2. The molecule has 2 N–H and O–H groups in total. The van der Waals surface area contributed by atoms with Gasteiger partial charge < -0.3 is 10.6 Å². The molecule has 0 bridgehead atoms. The van der Waals surface area contributed by atoms with E-state index >= 15 is 0 Å². The number of fused-ring (bicyclic) bond motifs is 1. The second-order valence-corrected chi connectivity index (χ2v) is 5.24. The molecular weight excluding hydrogens is 248 g/mol. The normalized spacial score (nSPS) is 16.9. The van der Waals surface area contributed by atoms with Gasteiger partial charge in [-0.2, -0.15) is 0 Å². The molecule has 20 heavy (non-hydrogen) atoms. The van der Waals surface area contributed by atoms with E-state index in [9.17, 15) is 4.79 Å². The summed E-state index contributed by atoms with van der Waals surface area (Å²) >= 11 is 0. The van der Waals surface area contributed by atoms with Crippen LogP contribution in [-0.2, 0) is 11.2 Å². The van der Waals surface area contributed by atoms with Crippen LogP contribution in [0.5, 0.6) is 0 Å². The van der Waals surface area contributed by atoms with Crippen LogP contribution >= 0.6 is 0 Å². The third-order valence-electron chi connectivity index (χ3n) is 3.73. The molecule has 0 aliphatic carbocycles. The largest absolute Gasteiger partial charge is 0.384 e. The zero-order valence-corrected chi connectivity index (χ0v) is 11.5. The van der Waals surface area contributed by atoms with Crippen LogP contribution in [0.4, 0.5) is 11.4 Å². The van der Waals surface area contributed by atoms with Crippen LogP contribution in [0.25, 0.3) is 0 Å². The van der Waals surface area contributed by atoms with Gasteiger partial charge in [-0.15, -0.1) is 0 Å². The van der Waals surface area contributed by atoms with Crippen molar-refractivity contribution in [3.05, 3.63) is 59.7 Å². The first-order valence-corrected chi connectivity index (χ1v) is 6.92. The molecule has 1 amide bonds. The second-order valence-electron chi connectivity index (χ2n) is 5.24. The van der Waals surface area contributed by atoms with E-state index < -0.39 is 0 Å². The van der Waals surface area contributed by atoms with Crippen LogP contribution in [0.15, 0.2) is 48.5 Å². The Hall–Kier alpha value is -2.29. The lowest BCUT2D eigenvalue weighted by Gasteiger charge is -2.26. The highest BCUT2D eigenvalue weighted by Crippen LogP contribution is 2.30. The second kappa shape index (κ2) is 5.37. The van der Waals surface area contributed by atoms with Gasteiger partial charge in [0.1, 0.15) is 0 Å². The minimum absolute atomic E-state index is 0.0361. The predicted molar refractivity (Wildman–Crippen MR) is 82.1 cm³/mol. The topological polar surface area (TPSA) is 41.1 Å². The Morgan fingerprint density at radius 1 is 1.15 bits per heavy atom. The molecule has 1 heterocycles. The van der Waals surface area contributed by atoms with Crippen molar-refractivity contribution in [3.8, 4) is 0 Å². The predicted octanol–water partition coefficient (Wildman–Crippen LogP) is 3.40. The third kappa shape index (κ3) is 2.67. The third-order valence-corrected chi connectivity index (χ3v) is 3.73. The fourth-order valence-corrected chi connectivity index (χ4v) is 2.72. The lowest BCUT2D eigenvalue weighted by molar-refractivity contribution is -0.114. The fourth-order valence-electron chi connectivity index (χ4n) is 2.72. The maximum absolute atomic E-state index is 11.0. The van der Waals surface area contributed by atoms with Gasteiger partial charge in [0, 0.05) is 30.8 Å². The molecule has 2 aromatic carbocycles. The highest BCUT2D eigenvalue weighted by molar-refractivity contribution is 5.88. The zero-order valence-electron chi connectivity index (χ0n) is 11.5. The van der Waals surface area contributed by atoms with E-state index in [-0.39, 0.29) is 5.91 Å². The molecule has 0 radical (unpaired) electrons. The Kier molecular flexibility index (Phi) is 3.42. The van der Waals surface area contributed by atoms with Crippen LogP contribution in [0.2, 0.25) is 0 Å². The van der Waals surface area contributed by atoms with E-state index in [2.05, 4.69) is 47.0 Å². The molecule has 102 valence electrons. The Labute approximate surface area is 119 Å². The first-order valence-electron chi connectivity index (χ1n) is 6.92. The standard InChI is InChI=1S/C17H18N2O/c1-12(20)19-16-8-6-13(7-9-16)15-10-14-4-2-3-5-17(14)18-11-15/h2-9,15,18H,10-11H2,1H3,(H,19,20). The highest BCUT2D eigenvalue weighted by atomic mass is 16.1. The van der Waals surface area contributed by atoms with Gasteiger partial charge in [0.2, 0.25) is 5.91 Å². The Morgan fingerprint density at radius 3 is 2.65 bits per heavy atom. The number of hydrogen-bond donors (Lipinski definition) is 2. The number of benzene rings is 2. The summed E-state index contributed by atoms with van der Waals surface area (Å²) in [5.74, 6) is 0.447. The molecule has 0 spiro atoms. The number of carbonyl (C=O) groups is 1. The number of hydrogen-bond acceptors (Lipinski definition) is 2. The number of amides is 1. The summed E-state index contributed by atoms with van der Waals surface area (Å²) in [6.07, 6.45) is 1.06. The molecule has 1 atom stereocenters. The van der Waals surface area contributed by atoms with E-state index in [0.717, 1.165) is 18.7 Å². The molecule has 1 aliphatic rings. The lowest BCUT2D eigenvalue weighted by Crippen LogP contribution is -2.21. The van der Waals surface area contributed by atoms with Crippen LogP contribution in [0, 0.1) is 0 Å². The molecule has 2 aromatic rings. The van der Waals surface area contributed by atoms with Crippen LogP contribution in [-0.4, -0.2) is 12.5 Å². The molecule has 3 heteroatoms. The minimum Gasteiger partial charge on any atom is -0.384 e. The van der Waals surface area contributed by atoms with E-state index in [0.29, 0.717) is 5.92 Å². The Bertz CT molecular complexity index is 619. The van der Waals surface area contributed by atoms with E-state index in [4.69, 9.17) is 0 Å². The van der Waals surface area contributed by atoms with Gasteiger partial charge in [0.05, 0.1) is 0 Å². The lowest BCUT2D eigenvalue weighted by atomic mass is 9.88. The van der Waals surface area contributed by atoms with Crippen molar-refractivity contribution < 1.29 is 4.79 Å². The number of rotatable bonds is 2. The summed E-state index contributed by atoms with van der Waals surface area (Å²) in [4.78, 5) is 11.0. The zero-order chi connectivity index (χ0) is 13.9. The van der Waals surface area contributed by atoms with Gasteiger partial charge in [0.25, 0.3) is 0 Å². The van der Waals surface area contributed by atoms with Crippen molar-refractivity contribution >= 4 is 17.3 Å². The maximum atomic E-state index is 11.0. The van der Waals surface area contributed by atoms with Gasteiger partial charge in [-0.3, -0.25) is 4.79 Å². The molecule has 0 saturated carbocycles. The van der Waals surface area contributed by atoms with Crippen molar-refractivity contribution in [2.75, 3.05) is 17.2 Å². The average molecular weight is 266 g/mol. The molecule has 1 aliphatic heterocycles. The Morgan fingerprint density at radius 2 is 1.90 bits per heavy atom. The maximum Gasteiger partial charge on any atom is 0.221 e. The highest BCUT2D eigenvalue weighted by Gasteiger charge is 2.19. The van der Waals surface area contributed by atoms with Gasteiger partial charge in [0.15, 0.2) is 0 Å². The SMILES string of the molecule is CC(=O)Nc1ccc(C2CNc3ccccc3C2)cc1. The minimum atomic E-state index is -0.0361. The van der Waals surface area contributed by atoms with Crippen molar-refractivity contribution in [3.63, 3.8) is 0 Å². The molecule has 0 aromatic heterocycles. The summed E-state index contributed by atoms with van der Waals surface area (Å²) in [6.45, 7) is 2.48. The summed E-state index contributed by atoms with van der Waals surface area (Å²) < 4.78 is 0. The molecule has 3 nitrogen and oxygen atoms in total. The van der Waals surface area contributed by atoms with Crippen LogP contribution in [0.3, 0.4) is 0 Å². The van der Waals surface area contributed by atoms with Gasteiger partial charge in [-0.25, -0.2) is 0 Å². The van der Waals surface area contributed by atoms with Crippen molar-refractivity contribution in [1.82, 2.24) is 0 Å². The van der Waals surface area contributed by atoms with Crippen molar-refractivity contribution in [2.45, 2.75) is 19.3 Å². The fraction of sp³-hybridized carbons (Fsp3) is 0.235. The smallest absolute Gasteiger partial charge is 0.221 e. The molecule has 1 unspecified atom stereocenters. The van der Waals surface area contributed by atoms with Gasteiger partial charge >= 0.3 is 0 Å². The van der Waals surface area contributed by atoms with Gasteiger partial charge in [-0.1, -0.05) is 30.3 Å². The van der Waals surface area contributed by atoms with E-state index in [1.807, 2.05) is 12.1 Å². The summed E-state index contributed by atoms with van der Waals surface area (Å²) in [5, 5.41) is 6.28. The van der Waals surface area contributed by atoms with Crippen molar-refractivity contribution in [2.24, 2.45) is 0 Å². The molecule has 0 fully saturated rings. The molecule has 0 saturated heterocycles. The Balaban J connectivity index is 1.76. The first-order chi connectivity index (χ1) is 9.72. The average Bonchev–Trinajstić information content (AvgIpc) is 2.47. The quantitative estimate of drug-likeness (QED) is 0.874. The van der Waals surface area contributed by atoms with Crippen LogP contribution < -0.4 is 10.6 Å². The monoisotopic (exact) mass is 266 g/mol. The first kappa shape index (κ1) is 12.7.